The molecule has 2 heterocycles. The topological polar surface area (TPSA) is 103 Å². The number of alkyl carbamates (subject to hydrolysis) is 1. The number of nitrogens with zero attached hydrogens (tertiary/aromatic N) is 4. The molecule has 168 valence electrons. The molecule has 1 aliphatic heterocycles. The normalized spacial score (nSPS) is 20.3. The summed E-state index contributed by atoms with van der Waals surface area (Å²) in [5.74, 6) is 0. The van der Waals surface area contributed by atoms with Crippen LogP contribution in [0.2, 0.25) is 0 Å². The van der Waals surface area contributed by atoms with Crippen LogP contribution in [0.15, 0.2) is 18.3 Å². The van der Waals surface area contributed by atoms with Gasteiger partial charge in [-0.1, -0.05) is 0 Å². The van der Waals surface area contributed by atoms with Crippen LogP contribution < -0.4 is 10.2 Å². The van der Waals surface area contributed by atoms with Gasteiger partial charge in [0.25, 0.3) is 5.69 Å². The number of ether oxygens (including phenoxy) is 1. The third-order valence-electron chi connectivity index (χ3n) is 6.08. The Morgan fingerprint density at radius 2 is 1.94 bits per heavy atom. The fraction of sp³-hybridized carbons (Fsp3) is 0.636. The van der Waals surface area contributed by atoms with Crippen LogP contribution in [0.5, 0.6) is 0 Å². The number of fused-ring (bicyclic) bond motifs is 1. The predicted molar refractivity (Wildman–Crippen MR) is 118 cm³/mol. The van der Waals surface area contributed by atoms with Crippen molar-refractivity contribution in [3.8, 4) is 0 Å². The van der Waals surface area contributed by atoms with Gasteiger partial charge in [-0.3, -0.25) is 14.8 Å². The Labute approximate surface area is 181 Å². The minimum absolute atomic E-state index is 0.0625. The zero-order valence-electron chi connectivity index (χ0n) is 19.1. The van der Waals surface area contributed by atoms with E-state index in [0.717, 1.165) is 23.7 Å². The summed E-state index contributed by atoms with van der Waals surface area (Å²) < 4.78 is 7.34. The van der Waals surface area contributed by atoms with Crippen LogP contribution in [0.1, 0.15) is 54.4 Å². The van der Waals surface area contributed by atoms with E-state index in [1.807, 2.05) is 30.4 Å². The smallest absolute Gasteiger partial charge is 0.407 e. The van der Waals surface area contributed by atoms with Crippen molar-refractivity contribution in [3.05, 3.63) is 28.4 Å². The van der Waals surface area contributed by atoms with Crippen molar-refractivity contribution < 1.29 is 14.5 Å². The van der Waals surface area contributed by atoms with Crippen LogP contribution in [0.25, 0.3) is 10.9 Å². The molecule has 0 bridgehead atoms. The predicted octanol–water partition coefficient (Wildman–Crippen LogP) is 4.19. The van der Waals surface area contributed by atoms with E-state index in [-0.39, 0.29) is 27.6 Å². The van der Waals surface area contributed by atoms with Gasteiger partial charge in [-0.05, 0) is 60.5 Å². The molecule has 0 unspecified atom stereocenters. The highest BCUT2D eigenvalue weighted by Gasteiger charge is 2.56. The number of rotatable bonds is 3. The number of nitrogens with one attached hydrogen (secondary N) is 1. The number of carbonyl (C=O) groups excluding carboxylic acids is 1. The number of hydrogen-bond donors (Lipinski definition) is 1. The fourth-order valence-electron chi connectivity index (χ4n) is 4.54. The van der Waals surface area contributed by atoms with Crippen molar-refractivity contribution in [3.63, 3.8) is 0 Å². The minimum Gasteiger partial charge on any atom is -0.444 e. The van der Waals surface area contributed by atoms with Crippen molar-refractivity contribution >= 4 is 28.4 Å². The molecule has 1 saturated heterocycles. The summed E-state index contributed by atoms with van der Waals surface area (Å²) in [6, 6.07) is 3.22. The lowest BCUT2D eigenvalue weighted by molar-refractivity contribution is -0.384. The zero-order valence-corrected chi connectivity index (χ0v) is 19.1. The third-order valence-corrected chi connectivity index (χ3v) is 6.08. The number of nitro benzene ring substituents is 1. The summed E-state index contributed by atoms with van der Waals surface area (Å²) in [4.78, 5) is 26.0. The first-order valence-electron chi connectivity index (χ1n) is 10.7. The molecule has 1 amide bonds. The molecule has 31 heavy (non-hydrogen) atoms. The summed E-state index contributed by atoms with van der Waals surface area (Å²) in [6.07, 6.45) is 3.24. The number of benzene rings is 1. The van der Waals surface area contributed by atoms with E-state index in [4.69, 9.17) is 4.74 Å². The van der Waals surface area contributed by atoms with E-state index in [1.54, 1.807) is 18.3 Å². The first-order valence-corrected chi connectivity index (χ1v) is 10.7. The van der Waals surface area contributed by atoms with Gasteiger partial charge in [0.15, 0.2) is 0 Å². The lowest BCUT2D eigenvalue weighted by atomic mass is 10.0. The molecule has 2 fully saturated rings. The Morgan fingerprint density at radius 3 is 2.48 bits per heavy atom. The van der Waals surface area contributed by atoms with Crippen LogP contribution in [0.3, 0.4) is 0 Å². The van der Waals surface area contributed by atoms with E-state index in [2.05, 4.69) is 31.2 Å². The third kappa shape index (κ3) is 3.93. The number of nitro groups is 1. The SMILES string of the molecule is CC(C)(C)OC(=O)N[C@H]1CN(c2c([N+](=O)[O-])ccc3c2cnn3C(C)(C)C)CC12CC2. The van der Waals surface area contributed by atoms with Gasteiger partial charge in [0.2, 0.25) is 0 Å². The molecule has 2 aliphatic rings. The van der Waals surface area contributed by atoms with Gasteiger partial charge in [0.05, 0.1) is 33.6 Å². The van der Waals surface area contributed by atoms with E-state index < -0.39 is 11.7 Å². The molecule has 1 N–H and O–H groups in total. The van der Waals surface area contributed by atoms with Crippen molar-refractivity contribution in [1.82, 2.24) is 15.1 Å². The first kappa shape index (κ1) is 21.4. The lowest BCUT2D eigenvalue weighted by Gasteiger charge is -2.24. The van der Waals surface area contributed by atoms with Crippen molar-refractivity contribution in [2.45, 2.75) is 71.6 Å². The van der Waals surface area contributed by atoms with E-state index >= 15 is 0 Å². The van der Waals surface area contributed by atoms with Crippen LogP contribution >= 0.6 is 0 Å². The van der Waals surface area contributed by atoms with Gasteiger partial charge in [-0.15, -0.1) is 0 Å². The largest absolute Gasteiger partial charge is 0.444 e. The summed E-state index contributed by atoms with van der Waals surface area (Å²) in [5, 5.41) is 20.2. The van der Waals surface area contributed by atoms with Crippen molar-refractivity contribution in [2.75, 3.05) is 18.0 Å². The average Bonchev–Trinajstić information content (AvgIpc) is 3.11. The molecule has 1 saturated carbocycles. The summed E-state index contributed by atoms with van der Waals surface area (Å²) in [5.41, 5.74) is 0.616. The Kier molecular flexibility index (Phi) is 4.71. The van der Waals surface area contributed by atoms with Crippen LogP contribution in [0, 0.1) is 15.5 Å². The molecule has 1 aromatic carbocycles. The zero-order chi connectivity index (χ0) is 22.8. The summed E-state index contributed by atoms with van der Waals surface area (Å²) in [7, 11) is 0. The minimum atomic E-state index is -0.578. The molecule has 0 radical (unpaired) electrons. The molecule has 4 rings (SSSR count). The molecule has 9 heteroatoms. The highest BCUT2D eigenvalue weighted by atomic mass is 16.6. The maximum absolute atomic E-state index is 12.4. The summed E-state index contributed by atoms with van der Waals surface area (Å²) in [6.45, 7) is 12.8. The number of anilines is 1. The molecular weight excluding hydrogens is 398 g/mol. The first-order chi connectivity index (χ1) is 14.3. The molecule has 2 aromatic rings. The van der Waals surface area contributed by atoms with Gasteiger partial charge >= 0.3 is 6.09 Å². The molecule has 9 nitrogen and oxygen atoms in total. The maximum Gasteiger partial charge on any atom is 0.407 e. The molecule has 1 aromatic heterocycles. The highest BCUT2D eigenvalue weighted by molar-refractivity contribution is 5.97. The van der Waals surface area contributed by atoms with E-state index in [1.165, 1.54) is 0 Å². The van der Waals surface area contributed by atoms with Crippen LogP contribution in [-0.2, 0) is 10.3 Å². The second kappa shape index (κ2) is 6.83. The number of carbonyl (C=O) groups is 1. The summed E-state index contributed by atoms with van der Waals surface area (Å²) >= 11 is 0. The Hall–Kier alpha value is -2.84. The molecular formula is C22H31N5O4. The number of amides is 1. The Morgan fingerprint density at radius 1 is 1.26 bits per heavy atom. The van der Waals surface area contributed by atoms with Crippen LogP contribution in [-0.4, -0.2) is 45.5 Å². The highest BCUT2D eigenvalue weighted by Crippen LogP contribution is 2.55. The lowest BCUT2D eigenvalue weighted by Crippen LogP contribution is -2.44. The maximum atomic E-state index is 12.4. The Balaban J connectivity index is 1.70. The van der Waals surface area contributed by atoms with Gasteiger partial charge in [-0.2, -0.15) is 5.10 Å². The van der Waals surface area contributed by atoms with E-state index in [0.29, 0.717) is 18.8 Å². The Bertz CT molecular complexity index is 1040. The quantitative estimate of drug-likeness (QED) is 0.580. The van der Waals surface area contributed by atoms with Crippen molar-refractivity contribution in [2.24, 2.45) is 5.41 Å². The van der Waals surface area contributed by atoms with Gasteiger partial charge in [0.1, 0.15) is 11.3 Å². The van der Waals surface area contributed by atoms with Gasteiger partial charge < -0.3 is 15.0 Å². The molecule has 1 atom stereocenters. The molecule has 1 spiro atoms. The number of hydrogen-bond acceptors (Lipinski definition) is 6. The van der Waals surface area contributed by atoms with Crippen molar-refractivity contribution in [1.29, 1.82) is 0 Å². The van der Waals surface area contributed by atoms with Gasteiger partial charge in [-0.25, -0.2) is 4.79 Å². The fourth-order valence-corrected chi connectivity index (χ4v) is 4.54. The van der Waals surface area contributed by atoms with Gasteiger partial charge in [0, 0.05) is 24.6 Å². The van der Waals surface area contributed by atoms with E-state index in [9.17, 15) is 14.9 Å². The molecule has 1 aliphatic carbocycles. The number of aromatic nitrogens is 2. The standard InChI is InChI=1S/C22H31N5O4/c1-20(2,3)26-15-7-8-16(27(29)30)18(14(15)11-23-26)25-12-17(22(13-25)9-10-22)24-19(28)31-21(4,5)6/h7-8,11,17H,9-10,12-13H2,1-6H3,(H,24,28)/t17-/m0/s1. The second-order valence-corrected chi connectivity index (χ2v) is 10.8. The monoisotopic (exact) mass is 429 g/mol. The second-order valence-electron chi connectivity index (χ2n) is 10.8. The van der Waals surface area contributed by atoms with Crippen LogP contribution in [0.4, 0.5) is 16.2 Å². The average molecular weight is 430 g/mol.